The summed E-state index contributed by atoms with van der Waals surface area (Å²) in [7, 11) is 0. The number of hydrogen-bond acceptors (Lipinski definition) is 3. The molecule has 1 aromatic heterocycles. The van der Waals surface area contributed by atoms with Crippen LogP contribution in [-0.4, -0.2) is 10.9 Å². The lowest BCUT2D eigenvalue weighted by atomic mass is 10.1. The number of rotatable bonds is 2. The molecule has 86 valence electrons. The molecular weight excluding hydrogens is 214 g/mol. The predicted octanol–water partition coefficient (Wildman–Crippen LogP) is 1.91. The fourth-order valence-electron chi connectivity index (χ4n) is 1.56. The van der Waals surface area contributed by atoms with Gasteiger partial charge < -0.3 is 0 Å². The van der Waals surface area contributed by atoms with E-state index in [9.17, 15) is 4.79 Å². The number of aryl methyl sites for hydroxylation is 1. The van der Waals surface area contributed by atoms with E-state index in [0.717, 1.165) is 10.6 Å². The van der Waals surface area contributed by atoms with Crippen molar-refractivity contribution in [3.8, 4) is 0 Å². The Kier molecular flexibility index (Phi) is 3.16. The van der Waals surface area contributed by atoms with Gasteiger partial charge in [-0.3, -0.25) is 9.78 Å². The van der Waals surface area contributed by atoms with Crippen LogP contribution in [0.15, 0.2) is 48.8 Å². The van der Waals surface area contributed by atoms with Gasteiger partial charge in [-0.05, 0) is 30.7 Å². The van der Waals surface area contributed by atoms with E-state index in [1.165, 1.54) is 0 Å². The molecule has 0 radical (unpaired) electrons. The second-order valence-corrected chi connectivity index (χ2v) is 3.70. The summed E-state index contributed by atoms with van der Waals surface area (Å²) < 4.78 is 0. The zero-order chi connectivity index (χ0) is 12.3. The Morgan fingerprint density at radius 1 is 1.24 bits per heavy atom. The van der Waals surface area contributed by atoms with Crippen molar-refractivity contribution in [2.75, 3.05) is 5.01 Å². The minimum Gasteiger partial charge on any atom is -0.267 e. The summed E-state index contributed by atoms with van der Waals surface area (Å²) in [6.45, 7) is 1.88. The number of amides is 1. The Bertz CT molecular complexity index is 525. The number of aromatic nitrogens is 1. The lowest BCUT2D eigenvalue weighted by Gasteiger charge is -2.17. The van der Waals surface area contributed by atoms with Crippen molar-refractivity contribution in [2.45, 2.75) is 6.92 Å². The highest BCUT2D eigenvalue weighted by molar-refractivity contribution is 6.06. The van der Waals surface area contributed by atoms with Crippen molar-refractivity contribution >= 4 is 11.6 Å². The minimum atomic E-state index is -0.240. The van der Waals surface area contributed by atoms with Gasteiger partial charge in [0.15, 0.2) is 0 Å². The van der Waals surface area contributed by atoms with Crippen LogP contribution in [0.4, 0.5) is 5.69 Å². The summed E-state index contributed by atoms with van der Waals surface area (Å²) in [5.74, 6) is 5.54. The molecule has 0 saturated carbocycles. The van der Waals surface area contributed by atoms with E-state index in [0.29, 0.717) is 11.3 Å². The fourth-order valence-corrected chi connectivity index (χ4v) is 1.56. The molecule has 4 nitrogen and oxygen atoms in total. The molecule has 2 N–H and O–H groups in total. The first-order valence-corrected chi connectivity index (χ1v) is 5.25. The van der Waals surface area contributed by atoms with Gasteiger partial charge in [0.25, 0.3) is 5.91 Å². The molecule has 0 atom stereocenters. The van der Waals surface area contributed by atoms with E-state index < -0.39 is 0 Å². The molecule has 0 saturated heterocycles. The van der Waals surface area contributed by atoms with Crippen LogP contribution in [0, 0.1) is 6.92 Å². The highest BCUT2D eigenvalue weighted by atomic mass is 16.2. The normalized spacial score (nSPS) is 10.0. The van der Waals surface area contributed by atoms with Gasteiger partial charge in [0.1, 0.15) is 0 Å². The van der Waals surface area contributed by atoms with Crippen LogP contribution in [0.25, 0.3) is 0 Å². The van der Waals surface area contributed by atoms with Crippen molar-refractivity contribution in [3.05, 3.63) is 59.9 Å². The van der Waals surface area contributed by atoms with Gasteiger partial charge >= 0.3 is 0 Å². The second kappa shape index (κ2) is 4.76. The highest BCUT2D eigenvalue weighted by Crippen LogP contribution is 2.14. The summed E-state index contributed by atoms with van der Waals surface area (Å²) in [4.78, 5) is 16.1. The van der Waals surface area contributed by atoms with E-state index in [1.54, 1.807) is 30.6 Å². The molecule has 2 aromatic rings. The maximum Gasteiger partial charge on any atom is 0.272 e. The Hall–Kier alpha value is -2.20. The van der Waals surface area contributed by atoms with Crippen molar-refractivity contribution in [3.63, 3.8) is 0 Å². The quantitative estimate of drug-likeness (QED) is 0.484. The summed E-state index contributed by atoms with van der Waals surface area (Å²) in [5, 5.41) is 1.11. The number of anilines is 1. The molecule has 1 heterocycles. The Morgan fingerprint density at radius 3 is 2.65 bits per heavy atom. The maximum atomic E-state index is 12.1. The maximum absolute atomic E-state index is 12.1. The van der Waals surface area contributed by atoms with Gasteiger partial charge in [0, 0.05) is 11.8 Å². The van der Waals surface area contributed by atoms with Crippen LogP contribution < -0.4 is 10.9 Å². The lowest BCUT2D eigenvalue weighted by Crippen LogP contribution is -2.37. The number of carbonyl (C=O) groups is 1. The van der Waals surface area contributed by atoms with Crippen molar-refractivity contribution in [1.29, 1.82) is 0 Å². The third kappa shape index (κ3) is 2.32. The van der Waals surface area contributed by atoms with Gasteiger partial charge in [-0.15, -0.1) is 0 Å². The molecule has 0 unspecified atom stereocenters. The molecule has 0 aliphatic heterocycles. The Morgan fingerprint density at radius 2 is 2.00 bits per heavy atom. The van der Waals surface area contributed by atoms with Crippen LogP contribution in [0.5, 0.6) is 0 Å². The molecule has 0 fully saturated rings. The molecule has 0 bridgehead atoms. The smallest absolute Gasteiger partial charge is 0.267 e. The number of hydrogen-bond donors (Lipinski definition) is 1. The fraction of sp³-hybridized carbons (Fsp3) is 0.0769. The monoisotopic (exact) mass is 227 g/mol. The van der Waals surface area contributed by atoms with Gasteiger partial charge in [-0.25, -0.2) is 10.9 Å². The molecule has 17 heavy (non-hydrogen) atoms. The zero-order valence-electron chi connectivity index (χ0n) is 9.50. The number of pyridine rings is 1. The molecule has 4 heteroatoms. The summed E-state index contributed by atoms with van der Waals surface area (Å²) >= 11 is 0. The molecule has 0 aliphatic rings. The van der Waals surface area contributed by atoms with Gasteiger partial charge in [-0.1, -0.05) is 18.2 Å². The lowest BCUT2D eigenvalue weighted by molar-refractivity contribution is 0.0986. The number of nitrogens with zero attached hydrogens (tertiary/aromatic N) is 2. The van der Waals surface area contributed by atoms with Gasteiger partial charge in [0.2, 0.25) is 0 Å². The molecule has 1 aromatic carbocycles. The number of nitrogens with two attached hydrogens (primary N) is 1. The molecule has 1 amide bonds. The first kappa shape index (κ1) is 11.3. The highest BCUT2D eigenvalue weighted by Gasteiger charge is 2.15. The van der Waals surface area contributed by atoms with Gasteiger partial charge in [0.05, 0.1) is 11.9 Å². The van der Waals surface area contributed by atoms with Crippen LogP contribution >= 0.6 is 0 Å². The predicted molar refractivity (Wildman–Crippen MR) is 66.4 cm³/mol. The third-order valence-corrected chi connectivity index (χ3v) is 2.52. The standard InChI is InChI=1S/C13H13N3O/c1-10-5-2-3-7-12(10)13(17)16(14)11-6-4-8-15-9-11/h2-9H,14H2,1H3. The zero-order valence-corrected chi connectivity index (χ0v) is 9.50. The van der Waals surface area contributed by atoms with Crippen molar-refractivity contribution in [1.82, 2.24) is 4.98 Å². The van der Waals surface area contributed by atoms with Crippen molar-refractivity contribution in [2.24, 2.45) is 5.84 Å². The van der Waals surface area contributed by atoms with Crippen LogP contribution in [0.3, 0.4) is 0 Å². The number of carbonyl (C=O) groups excluding carboxylic acids is 1. The number of hydrazine groups is 1. The minimum absolute atomic E-state index is 0.240. The average Bonchev–Trinajstić information content (AvgIpc) is 2.39. The van der Waals surface area contributed by atoms with Crippen LogP contribution in [-0.2, 0) is 0 Å². The Labute approximate surface area is 99.7 Å². The first-order chi connectivity index (χ1) is 8.20. The van der Waals surface area contributed by atoms with Crippen molar-refractivity contribution < 1.29 is 4.79 Å². The number of benzene rings is 1. The van der Waals surface area contributed by atoms with E-state index in [-0.39, 0.29) is 5.91 Å². The third-order valence-electron chi connectivity index (χ3n) is 2.52. The Balaban J connectivity index is 2.30. The summed E-state index contributed by atoms with van der Waals surface area (Å²) in [6.07, 6.45) is 3.19. The largest absolute Gasteiger partial charge is 0.272 e. The first-order valence-electron chi connectivity index (χ1n) is 5.25. The molecular formula is C13H13N3O. The van der Waals surface area contributed by atoms with Crippen LogP contribution in [0.2, 0.25) is 0 Å². The van der Waals surface area contributed by atoms with Gasteiger partial charge in [-0.2, -0.15) is 0 Å². The molecule has 0 spiro atoms. The summed E-state index contributed by atoms with van der Waals surface area (Å²) in [6, 6.07) is 10.8. The van der Waals surface area contributed by atoms with E-state index in [2.05, 4.69) is 4.98 Å². The SMILES string of the molecule is Cc1ccccc1C(=O)N(N)c1cccnc1. The van der Waals surface area contributed by atoms with E-state index in [4.69, 9.17) is 5.84 Å². The second-order valence-electron chi connectivity index (χ2n) is 3.70. The topological polar surface area (TPSA) is 59.2 Å². The van der Waals surface area contributed by atoms with Crippen LogP contribution in [0.1, 0.15) is 15.9 Å². The van der Waals surface area contributed by atoms with E-state index >= 15 is 0 Å². The average molecular weight is 227 g/mol. The summed E-state index contributed by atoms with van der Waals surface area (Å²) in [5.41, 5.74) is 2.07. The molecule has 0 aliphatic carbocycles. The molecule has 2 rings (SSSR count). The van der Waals surface area contributed by atoms with E-state index in [1.807, 2.05) is 25.1 Å².